The highest BCUT2D eigenvalue weighted by atomic mass is 16.2. The molecule has 110 valence electrons. The predicted octanol–water partition coefficient (Wildman–Crippen LogP) is 1.43. The molecule has 0 atom stereocenters. The van der Waals surface area contributed by atoms with Crippen molar-refractivity contribution >= 4 is 17.5 Å². The van der Waals surface area contributed by atoms with Crippen molar-refractivity contribution < 1.29 is 9.59 Å². The van der Waals surface area contributed by atoms with Crippen LogP contribution in [0.2, 0.25) is 0 Å². The second kappa shape index (κ2) is 8.32. The Bertz CT molecular complexity index is 458. The smallest absolute Gasteiger partial charge is 0.224 e. The molecule has 4 N–H and O–H groups in total. The lowest BCUT2D eigenvalue weighted by atomic mass is 10.1. The molecule has 0 aliphatic heterocycles. The van der Waals surface area contributed by atoms with Crippen LogP contribution in [0, 0.1) is 0 Å². The summed E-state index contributed by atoms with van der Waals surface area (Å²) in [6, 6.07) is 7.64. The summed E-state index contributed by atoms with van der Waals surface area (Å²) in [7, 11) is 0. The lowest BCUT2D eigenvalue weighted by Gasteiger charge is -2.11. The first kappa shape index (κ1) is 16.2. The number of benzene rings is 1. The highest BCUT2D eigenvalue weighted by molar-refractivity contribution is 5.92. The minimum absolute atomic E-state index is 0.0486. The lowest BCUT2D eigenvalue weighted by molar-refractivity contribution is -0.118. The molecule has 1 aromatic carbocycles. The number of amides is 2. The largest absolute Gasteiger partial charge is 0.369 e. The zero-order chi connectivity index (χ0) is 15.0. The summed E-state index contributed by atoms with van der Waals surface area (Å²) in [4.78, 5) is 22.8. The van der Waals surface area contributed by atoms with Gasteiger partial charge in [-0.15, -0.1) is 0 Å². The fourth-order valence-corrected chi connectivity index (χ4v) is 1.84. The van der Waals surface area contributed by atoms with Crippen LogP contribution in [-0.2, 0) is 16.0 Å². The molecule has 5 nitrogen and oxygen atoms in total. The summed E-state index contributed by atoms with van der Waals surface area (Å²) in [5, 5.41) is 6.09. The summed E-state index contributed by atoms with van der Waals surface area (Å²) < 4.78 is 0. The number of rotatable bonds is 8. The Kier molecular flexibility index (Phi) is 6.73. The van der Waals surface area contributed by atoms with E-state index < -0.39 is 5.91 Å². The van der Waals surface area contributed by atoms with Crippen LogP contribution in [0.5, 0.6) is 0 Å². The monoisotopic (exact) mass is 277 g/mol. The van der Waals surface area contributed by atoms with E-state index in [9.17, 15) is 9.59 Å². The summed E-state index contributed by atoms with van der Waals surface area (Å²) >= 11 is 0. The van der Waals surface area contributed by atoms with Crippen LogP contribution in [0.15, 0.2) is 24.3 Å². The predicted molar refractivity (Wildman–Crippen MR) is 80.3 cm³/mol. The maximum Gasteiger partial charge on any atom is 0.224 e. The molecule has 0 fully saturated rings. The molecular weight excluding hydrogens is 254 g/mol. The number of carbonyl (C=O) groups is 2. The van der Waals surface area contributed by atoms with Crippen LogP contribution in [0.4, 0.5) is 5.69 Å². The highest BCUT2D eigenvalue weighted by Crippen LogP contribution is 2.15. The Balaban J connectivity index is 2.47. The molecule has 0 unspecified atom stereocenters. The van der Waals surface area contributed by atoms with Crippen LogP contribution in [0.3, 0.4) is 0 Å². The first-order valence-corrected chi connectivity index (χ1v) is 6.88. The van der Waals surface area contributed by atoms with Crippen LogP contribution < -0.4 is 16.4 Å². The van der Waals surface area contributed by atoms with Crippen molar-refractivity contribution in [3.63, 3.8) is 0 Å². The minimum Gasteiger partial charge on any atom is -0.369 e. The molecule has 1 aromatic rings. The number of hydrogen-bond donors (Lipinski definition) is 3. The van der Waals surface area contributed by atoms with Gasteiger partial charge in [-0.05, 0) is 24.6 Å². The van der Waals surface area contributed by atoms with E-state index in [-0.39, 0.29) is 12.3 Å². The van der Waals surface area contributed by atoms with Gasteiger partial charge in [0.2, 0.25) is 11.8 Å². The van der Waals surface area contributed by atoms with E-state index in [1.807, 2.05) is 12.1 Å². The van der Waals surface area contributed by atoms with Gasteiger partial charge in [-0.25, -0.2) is 0 Å². The van der Waals surface area contributed by atoms with Gasteiger partial charge in [0.05, 0.1) is 6.42 Å². The Morgan fingerprint density at radius 2 is 1.95 bits per heavy atom. The third-order valence-corrected chi connectivity index (χ3v) is 2.79. The number of nitrogens with one attached hydrogen (secondary N) is 2. The maximum atomic E-state index is 11.8. The van der Waals surface area contributed by atoms with Gasteiger partial charge in [-0.2, -0.15) is 0 Å². The van der Waals surface area contributed by atoms with Gasteiger partial charge in [-0.3, -0.25) is 9.59 Å². The molecule has 2 amide bonds. The van der Waals surface area contributed by atoms with Crippen molar-refractivity contribution in [2.75, 3.05) is 11.9 Å². The average Bonchev–Trinajstić information content (AvgIpc) is 2.36. The zero-order valence-electron chi connectivity index (χ0n) is 12.1. The third-order valence-electron chi connectivity index (χ3n) is 2.79. The van der Waals surface area contributed by atoms with Gasteiger partial charge in [0.25, 0.3) is 0 Å². The summed E-state index contributed by atoms with van der Waals surface area (Å²) in [6.07, 6.45) is 1.36. The SMILES string of the molecule is CC(C)NCCCC(=O)Nc1ccccc1CC(N)=O. The number of hydrogen-bond acceptors (Lipinski definition) is 3. The molecule has 0 saturated carbocycles. The van der Waals surface area contributed by atoms with Gasteiger partial charge in [0.1, 0.15) is 0 Å². The first-order chi connectivity index (χ1) is 9.49. The van der Waals surface area contributed by atoms with E-state index >= 15 is 0 Å². The Hall–Kier alpha value is -1.88. The Labute approximate surface area is 119 Å². The summed E-state index contributed by atoms with van der Waals surface area (Å²) in [6.45, 7) is 4.95. The van der Waals surface area contributed by atoms with Crippen molar-refractivity contribution in [3.8, 4) is 0 Å². The zero-order valence-corrected chi connectivity index (χ0v) is 12.1. The van der Waals surface area contributed by atoms with Crippen molar-refractivity contribution in [2.24, 2.45) is 5.73 Å². The van der Waals surface area contributed by atoms with Gasteiger partial charge in [-0.1, -0.05) is 32.0 Å². The molecule has 20 heavy (non-hydrogen) atoms. The van der Waals surface area contributed by atoms with Crippen LogP contribution in [0.25, 0.3) is 0 Å². The van der Waals surface area contributed by atoms with E-state index in [4.69, 9.17) is 5.73 Å². The van der Waals surface area contributed by atoms with Gasteiger partial charge < -0.3 is 16.4 Å². The minimum atomic E-state index is -0.409. The third kappa shape index (κ3) is 6.33. The highest BCUT2D eigenvalue weighted by Gasteiger charge is 2.08. The molecule has 0 heterocycles. The number of primary amides is 1. The van der Waals surface area contributed by atoms with Crippen molar-refractivity contribution in [2.45, 2.75) is 39.2 Å². The molecule has 0 radical (unpaired) electrons. The fourth-order valence-electron chi connectivity index (χ4n) is 1.84. The topological polar surface area (TPSA) is 84.2 Å². The molecule has 0 saturated heterocycles. The van der Waals surface area contributed by atoms with Gasteiger partial charge in [0.15, 0.2) is 0 Å². The molecule has 0 aliphatic carbocycles. The van der Waals surface area contributed by atoms with E-state index in [1.165, 1.54) is 0 Å². The fraction of sp³-hybridized carbons (Fsp3) is 0.467. The van der Waals surface area contributed by atoms with E-state index in [0.29, 0.717) is 18.2 Å². The molecule has 0 spiro atoms. The summed E-state index contributed by atoms with van der Waals surface area (Å²) in [5.74, 6) is -0.458. The van der Waals surface area contributed by atoms with Crippen LogP contribution in [-0.4, -0.2) is 24.4 Å². The molecule has 0 aliphatic rings. The Morgan fingerprint density at radius 1 is 1.25 bits per heavy atom. The molecule has 0 aromatic heterocycles. The average molecular weight is 277 g/mol. The van der Waals surface area contributed by atoms with Crippen molar-refractivity contribution in [1.82, 2.24) is 5.32 Å². The molecule has 0 bridgehead atoms. The van der Waals surface area contributed by atoms with Crippen LogP contribution >= 0.6 is 0 Å². The normalized spacial score (nSPS) is 10.6. The van der Waals surface area contributed by atoms with E-state index in [0.717, 1.165) is 18.5 Å². The Morgan fingerprint density at radius 3 is 2.60 bits per heavy atom. The lowest BCUT2D eigenvalue weighted by Crippen LogP contribution is -2.25. The van der Waals surface area contributed by atoms with Gasteiger partial charge >= 0.3 is 0 Å². The van der Waals surface area contributed by atoms with E-state index in [1.54, 1.807) is 12.1 Å². The van der Waals surface area contributed by atoms with E-state index in [2.05, 4.69) is 24.5 Å². The maximum absolute atomic E-state index is 11.8. The quantitative estimate of drug-likeness (QED) is 0.628. The van der Waals surface area contributed by atoms with Crippen molar-refractivity contribution in [1.29, 1.82) is 0 Å². The second-order valence-corrected chi connectivity index (χ2v) is 5.06. The first-order valence-electron chi connectivity index (χ1n) is 6.88. The summed E-state index contributed by atoms with van der Waals surface area (Å²) in [5.41, 5.74) is 6.60. The number of para-hydroxylation sites is 1. The van der Waals surface area contributed by atoms with Crippen molar-refractivity contribution in [3.05, 3.63) is 29.8 Å². The molecule has 5 heteroatoms. The molecular formula is C15H23N3O2. The number of carbonyl (C=O) groups excluding carboxylic acids is 2. The number of anilines is 1. The standard InChI is InChI=1S/C15H23N3O2/c1-11(2)17-9-5-8-15(20)18-13-7-4-3-6-12(13)10-14(16)19/h3-4,6-7,11,17H,5,8-10H2,1-2H3,(H2,16,19)(H,18,20). The van der Waals surface area contributed by atoms with Crippen LogP contribution in [0.1, 0.15) is 32.3 Å². The number of nitrogens with two attached hydrogens (primary N) is 1. The second-order valence-electron chi connectivity index (χ2n) is 5.06. The van der Waals surface area contributed by atoms with Gasteiger partial charge in [0, 0.05) is 18.2 Å². The molecule has 1 rings (SSSR count).